The summed E-state index contributed by atoms with van der Waals surface area (Å²) < 4.78 is 5.29. The minimum absolute atomic E-state index is 0.109. The lowest BCUT2D eigenvalue weighted by molar-refractivity contribution is -0.136. The van der Waals surface area contributed by atoms with Crippen molar-refractivity contribution in [3.63, 3.8) is 0 Å². The zero-order valence-corrected chi connectivity index (χ0v) is 15.4. The zero-order valence-electron chi connectivity index (χ0n) is 15.4. The first-order valence-electron chi connectivity index (χ1n) is 8.18. The molecule has 3 nitrogen and oxygen atoms in total. The van der Waals surface area contributed by atoms with Crippen LogP contribution in [0.4, 0.5) is 0 Å². The Morgan fingerprint density at radius 3 is 2.00 bits per heavy atom. The van der Waals surface area contributed by atoms with Crippen LogP contribution < -0.4 is 4.74 Å². The molecule has 3 rings (SSSR count). The van der Waals surface area contributed by atoms with E-state index >= 15 is 0 Å². The van der Waals surface area contributed by atoms with E-state index in [2.05, 4.69) is 26.8 Å². The third-order valence-electron chi connectivity index (χ3n) is 4.14. The molecule has 2 aromatic carbocycles. The highest BCUT2D eigenvalue weighted by atomic mass is 16.5. The molecule has 1 heterocycles. The number of fused-ring (bicyclic) bond motifs is 1. The fourth-order valence-electron chi connectivity index (χ4n) is 3.43. The average molecular weight is 326 g/mol. The SMILES string of the molecule is Cc1cc(C)c2c(c1)OC(=O)CC2(C)C.Cc1cc(C)cc(O)c1. The summed E-state index contributed by atoms with van der Waals surface area (Å²) in [5.74, 6) is 0.971. The molecule has 0 amide bonds. The summed E-state index contributed by atoms with van der Waals surface area (Å²) in [4.78, 5) is 11.4. The second kappa shape index (κ2) is 6.68. The molecule has 0 saturated heterocycles. The van der Waals surface area contributed by atoms with Crippen molar-refractivity contribution in [1.82, 2.24) is 0 Å². The Morgan fingerprint density at radius 2 is 1.46 bits per heavy atom. The van der Waals surface area contributed by atoms with E-state index in [0.717, 1.165) is 22.4 Å². The van der Waals surface area contributed by atoms with Gasteiger partial charge in [0.1, 0.15) is 11.5 Å². The van der Waals surface area contributed by atoms with E-state index in [1.54, 1.807) is 12.1 Å². The topological polar surface area (TPSA) is 46.5 Å². The number of carbonyl (C=O) groups is 1. The van der Waals surface area contributed by atoms with Crippen molar-refractivity contribution in [1.29, 1.82) is 0 Å². The second-order valence-electron chi connectivity index (χ2n) is 7.34. The number of hydrogen-bond acceptors (Lipinski definition) is 3. The van der Waals surface area contributed by atoms with Crippen LogP contribution in [0.15, 0.2) is 30.3 Å². The van der Waals surface area contributed by atoms with Gasteiger partial charge in [-0.05, 0) is 68.1 Å². The summed E-state index contributed by atoms with van der Waals surface area (Å²) >= 11 is 0. The molecule has 1 aliphatic rings. The first-order chi connectivity index (χ1) is 11.1. The molecule has 3 heteroatoms. The predicted octanol–water partition coefficient (Wildman–Crippen LogP) is 4.90. The van der Waals surface area contributed by atoms with Crippen LogP contribution in [0.25, 0.3) is 0 Å². The molecule has 0 saturated carbocycles. The van der Waals surface area contributed by atoms with Crippen molar-refractivity contribution in [3.05, 3.63) is 58.1 Å². The van der Waals surface area contributed by atoms with E-state index in [4.69, 9.17) is 9.84 Å². The lowest BCUT2D eigenvalue weighted by atomic mass is 9.77. The van der Waals surface area contributed by atoms with Crippen LogP contribution in [-0.4, -0.2) is 11.1 Å². The van der Waals surface area contributed by atoms with Gasteiger partial charge in [-0.1, -0.05) is 26.0 Å². The highest BCUT2D eigenvalue weighted by molar-refractivity contribution is 5.78. The van der Waals surface area contributed by atoms with E-state index in [0.29, 0.717) is 12.2 Å². The lowest BCUT2D eigenvalue weighted by Gasteiger charge is -2.32. The molecule has 1 aliphatic heterocycles. The van der Waals surface area contributed by atoms with Gasteiger partial charge < -0.3 is 9.84 Å². The molecule has 0 aliphatic carbocycles. The summed E-state index contributed by atoms with van der Waals surface area (Å²) in [6.45, 7) is 12.2. The van der Waals surface area contributed by atoms with Gasteiger partial charge in [-0.15, -0.1) is 0 Å². The minimum atomic E-state index is -0.127. The first-order valence-corrected chi connectivity index (χ1v) is 8.18. The Kier molecular flexibility index (Phi) is 5.02. The van der Waals surface area contributed by atoms with E-state index in [1.165, 1.54) is 11.1 Å². The summed E-state index contributed by atoms with van der Waals surface area (Å²) in [5.41, 5.74) is 5.62. The van der Waals surface area contributed by atoms with Crippen LogP contribution in [0.2, 0.25) is 0 Å². The van der Waals surface area contributed by atoms with Gasteiger partial charge in [-0.25, -0.2) is 0 Å². The van der Waals surface area contributed by atoms with Crippen molar-refractivity contribution in [2.75, 3.05) is 0 Å². The van der Waals surface area contributed by atoms with Crippen molar-refractivity contribution < 1.29 is 14.6 Å². The summed E-state index contributed by atoms with van der Waals surface area (Å²) in [5, 5.41) is 8.99. The van der Waals surface area contributed by atoms with Crippen molar-refractivity contribution >= 4 is 5.97 Å². The molecule has 0 fully saturated rings. The Bertz CT molecular complexity index is 722. The van der Waals surface area contributed by atoms with E-state index in [9.17, 15) is 4.79 Å². The number of rotatable bonds is 0. The van der Waals surface area contributed by atoms with Crippen LogP contribution in [0.3, 0.4) is 0 Å². The second-order valence-corrected chi connectivity index (χ2v) is 7.34. The fourth-order valence-corrected chi connectivity index (χ4v) is 3.43. The van der Waals surface area contributed by atoms with Gasteiger partial charge in [0.25, 0.3) is 0 Å². The van der Waals surface area contributed by atoms with Gasteiger partial charge in [0, 0.05) is 11.0 Å². The molecule has 0 bridgehead atoms. The largest absolute Gasteiger partial charge is 0.508 e. The third-order valence-corrected chi connectivity index (χ3v) is 4.14. The summed E-state index contributed by atoms with van der Waals surface area (Å²) in [6, 6.07) is 9.60. The van der Waals surface area contributed by atoms with Gasteiger partial charge in [-0.2, -0.15) is 0 Å². The number of aryl methyl sites for hydroxylation is 4. The fraction of sp³-hybridized carbons (Fsp3) is 0.381. The molecule has 1 N–H and O–H groups in total. The van der Waals surface area contributed by atoms with Gasteiger partial charge in [0.05, 0.1) is 6.42 Å². The quantitative estimate of drug-likeness (QED) is 0.553. The maximum absolute atomic E-state index is 11.4. The monoisotopic (exact) mass is 326 g/mol. The third kappa shape index (κ3) is 4.16. The number of phenols is 1. The molecule has 0 unspecified atom stereocenters. The number of phenolic OH excluding ortho intramolecular Hbond substituents is 1. The number of carbonyl (C=O) groups excluding carboxylic acids is 1. The number of hydrogen-bond donors (Lipinski definition) is 1. The van der Waals surface area contributed by atoms with Gasteiger partial charge >= 0.3 is 5.97 Å². The predicted molar refractivity (Wildman–Crippen MR) is 96.8 cm³/mol. The van der Waals surface area contributed by atoms with Gasteiger partial charge in [0.15, 0.2) is 0 Å². The smallest absolute Gasteiger partial charge is 0.312 e. The highest BCUT2D eigenvalue weighted by Crippen LogP contribution is 2.41. The van der Waals surface area contributed by atoms with Crippen LogP contribution in [0, 0.1) is 27.7 Å². The maximum Gasteiger partial charge on any atom is 0.312 e. The lowest BCUT2D eigenvalue weighted by Crippen LogP contribution is -2.31. The Hall–Kier alpha value is -2.29. The Morgan fingerprint density at radius 1 is 0.917 bits per heavy atom. The van der Waals surface area contributed by atoms with Crippen molar-refractivity contribution in [2.24, 2.45) is 0 Å². The normalized spacial score (nSPS) is 15.0. The molecular formula is C21H26O3. The molecule has 128 valence electrons. The summed E-state index contributed by atoms with van der Waals surface area (Å²) in [7, 11) is 0. The summed E-state index contributed by atoms with van der Waals surface area (Å²) in [6.07, 6.45) is 0.462. The number of esters is 1. The van der Waals surface area contributed by atoms with Crippen LogP contribution in [0.5, 0.6) is 11.5 Å². The van der Waals surface area contributed by atoms with Crippen LogP contribution in [-0.2, 0) is 10.2 Å². The van der Waals surface area contributed by atoms with Gasteiger partial charge in [-0.3, -0.25) is 4.79 Å². The van der Waals surface area contributed by atoms with E-state index in [-0.39, 0.29) is 11.4 Å². The molecule has 24 heavy (non-hydrogen) atoms. The molecule has 0 radical (unpaired) electrons. The van der Waals surface area contributed by atoms with E-state index < -0.39 is 0 Å². The maximum atomic E-state index is 11.4. The van der Waals surface area contributed by atoms with Crippen molar-refractivity contribution in [3.8, 4) is 11.5 Å². The average Bonchev–Trinajstić information content (AvgIpc) is 2.33. The minimum Gasteiger partial charge on any atom is -0.508 e. The first kappa shape index (κ1) is 18.1. The highest BCUT2D eigenvalue weighted by Gasteiger charge is 2.34. The molecule has 0 atom stereocenters. The van der Waals surface area contributed by atoms with Crippen LogP contribution in [0.1, 0.15) is 48.1 Å². The standard InChI is InChI=1S/C13H16O2.C8H10O/c1-8-5-9(2)12-10(6-8)15-11(14)7-13(12,3)4;1-6-3-7(2)5-8(9)4-6/h5-6H,7H2,1-4H3;3-5,9H,1-2H3. The molecule has 0 aromatic heterocycles. The van der Waals surface area contributed by atoms with E-state index in [1.807, 2.05) is 32.9 Å². The number of aromatic hydroxyl groups is 1. The Labute approximate surface area is 144 Å². The molecular weight excluding hydrogens is 300 g/mol. The molecule has 0 spiro atoms. The number of benzene rings is 2. The Balaban J connectivity index is 0.000000198. The molecule has 2 aromatic rings. The van der Waals surface area contributed by atoms with Crippen LogP contribution >= 0.6 is 0 Å². The zero-order chi connectivity index (χ0) is 18.1. The van der Waals surface area contributed by atoms with Crippen molar-refractivity contribution in [2.45, 2.75) is 53.4 Å². The number of ether oxygens (including phenoxy) is 1. The van der Waals surface area contributed by atoms with Gasteiger partial charge in [0.2, 0.25) is 0 Å².